The van der Waals surface area contributed by atoms with Gasteiger partial charge in [0.25, 0.3) is 17.7 Å². The quantitative estimate of drug-likeness (QED) is 0.343. The Bertz CT molecular complexity index is 1430. The molecule has 3 N–H and O–H groups in total. The minimum absolute atomic E-state index is 0.136. The van der Waals surface area contributed by atoms with Gasteiger partial charge in [0, 0.05) is 34.9 Å². The maximum atomic E-state index is 13.5. The molecule has 0 fully saturated rings. The van der Waals surface area contributed by atoms with Gasteiger partial charge in [-0.2, -0.15) is 0 Å². The maximum Gasteiger partial charge on any atom is 0.257 e. The molecule has 3 amide bonds. The average molecular weight is 484 g/mol. The summed E-state index contributed by atoms with van der Waals surface area (Å²) in [5.41, 5.74) is 1.95. The predicted octanol–water partition coefficient (Wildman–Crippen LogP) is 4.99. The van der Waals surface area contributed by atoms with E-state index in [0.717, 1.165) is 6.07 Å². The first-order valence-corrected chi connectivity index (χ1v) is 10.8. The van der Waals surface area contributed by atoms with E-state index in [1.807, 2.05) is 0 Å². The van der Waals surface area contributed by atoms with Crippen molar-refractivity contribution in [3.63, 3.8) is 0 Å². The van der Waals surface area contributed by atoms with Crippen molar-refractivity contribution in [1.29, 1.82) is 0 Å². The van der Waals surface area contributed by atoms with Crippen molar-refractivity contribution >= 4 is 34.8 Å². The van der Waals surface area contributed by atoms with Crippen LogP contribution in [-0.4, -0.2) is 29.8 Å². The Kier molecular flexibility index (Phi) is 7.30. The van der Waals surface area contributed by atoms with Crippen molar-refractivity contribution in [3.8, 4) is 5.75 Å². The largest absolute Gasteiger partial charge is 0.495 e. The Morgan fingerprint density at radius 3 is 2.06 bits per heavy atom. The van der Waals surface area contributed by atoms with Crippen molar-refractivity contribution in [2.45, 2.75) is 0 Å². The smallest absolute Gasteiger partial charge is 0.257 e. The van der Waals surface area contributed by atoms with Gasteiger partial charge in [-0.15, -0.1) is 0 Å². The van der Waals surface area contributed by atoms with Gasteiger partial charge in [0.1, 0.15) is 11.6 Å². The van der Waals surface area contributed by atoms with E-state index in [1.165, 1.54) is 37.6 Å². The highest BCUT2D eigenvalue weighted by Gasteiger charge is 2.14. The van der Waals surface area contributed by atoms with E-state index in [0.29, 0.717) is 33.9 Å². The monoisotopic (exact) mass is 484 g/mol. The van der Waals surface area contributed by atoms with E-state index in [2.05, 4.69) is 20.9 Å². The molecule has 0 atom stereocenters. The Hall–Kier alpha value is -5.05. The van der Waals surface area contributed by atoms with Crippen LogP contribution in [0.15, 0.2) is 91.3 Å². The summed E-state index contributed by atoms with van der Waals surface area (Å²) in [7, 11) is 1.44. The molecular formula is C27H21FN4O4. The van der Waals surface area contributed by atoms with Crippen LogP contribution in [0.4, 0.5) is 21.5 Å². The van der Waals surface area contributed by atoms with E-state index >= 15 is 0 Å². The summed E-state index contributed by atoms with van der Waals surface area (Å²) in [6.45, 7) is 0. The highest BCUT2D eigenvalue weighted by Crippen LogP contribution is 2.29. The summed E-state index contributed by atoms with van der Waals surface area (Å²) in [4.78, 5) is 41.7. The SMILES string of the molecule is COc1ccc(NC(=O)c2cccc(NC(=O)c3cccnc3)c2)cc1NC(=O)c1cccc(F)c1. The molecule has 8 nitrogen and oxygen atoms in total. The number of nitrogens with zero attached hydrogens (tertiary/aromatic N) is 1. The number of nitrogens with one attached hydrogen (secondary N) is 3. The van der Waals surface area contributed by atoms with Gasteiger partial charge in [0.05, 0.1) is 18.4 Å². The van der Waals surface area contributed by atoms with E-state index in [9.17, 15) is 18.8 Å². The van der Waals surface area contributed by atoms with Crippen LogP contribution in [0, 0.1) is 5.82 Å². The zero-order chi connectivity index (χ0) is 25.5. The van der Waals surface area contributed by atoms with Crippen LogP contribution >= 0.6 is 0 Å². The molecule has 36 heavy (non-hydrogen) atoms. The molecule has 3 aromatic carbocycles. The minimum atomic E-state index is -0.534. The molecule has 0 aliphatic rings. The number of hydrogen-bond acceptors (Lipinski definition) is 5. The molecule has 1 aromatic heterocycles. The van der Waals surface area contributed by atoms with Crippen LogP contribution in [0.25, 0.3) is 0 Å². The molecule has 0 saturated carbocycles. The highest BCUT2D eigenvalue weighted by atomic mass is 19.1. The topological polar surface area (TPSA) is 109 Å². The van der Waals surface area contributed by atoms with Crippen molar-refractivity contribution in [2.75, 3.05) is 23.1 Å². The molecule has 0 bridgehead atoms. The fourth-order valence-electron chi connectivity index (χ4n) is 3.35. The van der Waals surface area contributed by atoms with Gasteiger partial charge in [0.2, 0.25) is 0 Å². The van der Waals surface area contributed by atoms with Gasteiger partial charge in [0.15, 0.2) is 0 Å². The molecule has 0 radical (unpaired) electrons. The lowest BCUT2D eigenvalue weighted by molar-refractivity contribution is 0.101. The summed E-state index contributed by atoms with van der Waals surface area (Å²) in [5.74, 6) is -1.49. The van der Waals surface area contributed by atoms with E-state index in [1.54, 1.807) is 54.7 Å². The maximum absolute atomic E-state index is 13.5. The van der Waals surface area contributed by atoms with Gasteiger partial charge in [-0.25, -0.2) is 4.39 Å². The standard InChI is InChI=1S/C27H21FN4O4/c1-36-24-11-10-22(15-23(24)32-26(34)17-5-2-8-20(28)13-17)31-25(33)18-6-3-9-21(14-18)30-27(35)19-7-4-12-29-16-19/h2-16H,1H3,(H,30,35)(H,31,33)(H,32,34). The van der Waals surface area contributed by atoms with Gasteiger partial charge in [-0.05, 0) is 66.7 Å². The number of carbonyl (C=O) groups is 3. The molecule has 0 saturated heterocycles. The lowest BCUT2D eigenvalue weighted by Gasteiger charge is -2.13. The third-order valence-electron chi connectivity index (χ3n) is 5.10. The first kappa shape index (κ1) is 24.1. The van der Waals surface area contributed by atoms with Crippen LogP contribution in [0.3, 0.4) is 0 Å². The molecule has 1 heterocycles. The van der Waals surface area contributed by atoms with Crippen molar-refractivity contribution in [2.24, 2.45) is 0 Å². The summed E-state index contributed by atoms with van der Waals surface area (Å²) >= 11 is 0. The fourth-order valence-corrected chi connectivity index (χ4v) is 3.35. The second-order valence-corrected chi connectivity index (χ2v) is 7.61. The first-order chi connectivity index (χ1) is 17.4. The van der Waals surface area contributed by atoms with E-state index in [4.69, 9.17) is 4.74 Å². The molecule has 9 heteroatoms. The minimum Gasteiger partial charge on any atom is -0.495 e. The van der Waals surface area contributed by atoms with E-state index < -0.39 is 17.6 Å². The molecule has 180 valence electrons. The number of methoxy groups -OCH3 is 1. The van der Waals surface area contributed by atoms with Crippen LogP contribution in [0.5, 0.6) is 5.75 Å². The van der Waals surface area contributed by atoms with E-state index in [-0.39, 0.29) is 11.5 Å². The number of aromatic nitrogens is 1. The molecule has 0 spiro atoms. The number of ether oxygens (including phenoxy) is 1. The normalized spacial score (nSPS) is 10.3. The Labute approximate surface area is 206 Å². The molecule has 0 aliphatic heterocycles. The van der Waals surface area contributed by atoms with Gasteiger partial charge >= 0.3 is 0 Å². The molecule has 4 rings (SSSR count). The number of hydrogen-bond donors (Lipinski definition) is 3. The second-order valence-electron chi connectivity index (χ2n) is 7.61. The number of carbonyl (C=O) groups excluding carboxylic acids is 3. The number of rotatable bonds is 7. The number of pyridine rings is 1. The lowest BCUT2D eigenvalue weighted by Crippen LogP contribution is -2.16. The number of anilines is 3. The summed E-state index contributed by atoms with van der Waals surface area (Å²) < 4.78 is 18.8. The Morgan fingerprint density at radius 2 is 1.36 bits per heavy atom. The highest BCUT2D eigenvalue weighted by molar-refractivity contribution is 6.08. The average Bonchev–Trinajstić information content (AvgIpc) is 2.89. The third-order valence-corrected chi connectivity index (χ3v) is 5.10. The van der Waals surface area contributed by atoms with Crippen LogP contribution < -0.4 is 20.7 Å². The van der Waals surface area contributed by atoms with Crippen molar-refractivity contribution in [1.82, 2.24) is 4.98 Å². The van der Waals surface area contributed by atoms with Crippen molar-refractivity contribution < 1.29 is 23.5 Å². The molecule has 4 aromatic rings. The Balaban J connectivity index is 1.48. The summed E-state index contributed by atoms with van der Waals surface area (Å²) in [6.07, 6.45) is 3.01. The third kappa shape index (κ3) is 5.89. The predicted molar refractivity (Wildman–Crippen MR) is 134 cm³/mol. The summed E-state index contributed by atoms with van der Waals surface area (Å²) in [6, 6.07) is 19.7. The zero-order valence-electron chi connectivity index (χ0n) is 19.1. The van der Waals surface area contributed by atoms with Gasteiger partial charge < -0.3 is 20.7 Å². The fraction of sp³-hybridized carbons (Fsp3) is 0.0370. The van der Waals surface area contributed by atoms with Gasteiger partial charge in [-0.3, -0.25) is 19.4 Å². The molecular weight excluding hydrogens is 463 g/mol. The van der Waals surface area contributed by atoms with Crippen LogP contribution in [0.2, 0.25) is 0 Å². The number of halogens is 1. The lowest BCUT2D eigenvalue weighted by atomic mass is 10.1. The van der Waals surface area contributed by atoms with Crippen molar-refractivity contribution in [3.05, 3.63) is 114 Å². The zero-order valence-corrected chi connectivity index (χ0v) is 19.1. The molecule has 0 aliphatic carbocycles. The van der Waals surface area contributed by atoms with Crippen LogP contribution in [-0.2, 0) is 0 Å². The number of amides is 3. The van der Waals surface area contributed by atoms with Gasteiger partial charge in [-0.1, -0.05) is 12.1 Å². The number of benzene rings is 3. The summed E-state index contributed by atoms with van der Waals surface area (Å²) in [5, 5.41) is 8.16. The molecule has 0 unspecified atom stereocenters. The second kappa shape index (κ2) is 10.9. The Morgan fingerprint density at radius 1 is 0.722 bits per heavy atom. The first-order valence-electron chi connectivity index (χ1n) is 10.8. The van der Waals surface area contributed by atoms with Crippen LogP contribution in [0.1, 0.15) is 31.1 Å².